The van der Waals surface area contributed by atoms with Crippen LogP contribution in [0.3, 0.4) is 0 Å². The molecule has 3 aromatic rings. The van der Waals surface area contributed by atoms with Gasteiger partial charge in [0.05, 0.1) is 38.9 Å². The molecule has 1 fully saturated rings. The molecule has 2 unspecified atom stereocenters. The van der Waals surface area contributed by atoms with E-state index in [2.05, 4.69) is 10.1 Å². The quantitative estimate of drug-likeness (QED) is 0.571. The molecule has 0 N–H and O–H groups in total. The third-order valence-electron chi connectivity index (χ3n) is 5.65. The fourth-order valence-corrected chi connectivity index (χ4v) is 3.90. The maximum absolute atomic E-state index is 12.8. The highest BCUT2D eigenvalue weighted by atomic mass is 16.5. The first-order valence-electron chi connectivity index (χ1n) is 10.0. The molecule has 1 aliphatic rings. The summed E-state index contributed by atoms with van der Waals surface area (Å²) in [5.74, 6) is 2.74. The zero-order valence-corrected chi connectivity index (χ0v) is 18.0. The lowest BCUT2D eigenvalue weighted by Crippen LogP contribution is -2.28. The van der Waals surface area contributed by atoms with Gasteiger partial charge in [-0.1, -0.05) is 23.4 Å². The van der Waals surface area contributed by atoms with Gasteiger partial charge in [-0.15, -0.1) is 0 Å². The van der Waals surface area contributed by atoms with Crippen LogP contribution in [0.25, 0.3) is 11.4 Å². The van der Waals surface area contributed by atoms with Gasteiger partial charge in [0.15, 0.2) is 11.5 Å². The largest absolute Gasteiger partial charge is 0.496 e. The van der Waals surface area contributed by atoms with Crippen LogP contribution in [-0.4, -0.2) is 48.8 Å². The third kappa shape index (κ3) is 3.93. The van der Waals surface area contributed by atoms with E-state index in [0.29, 0.717) is 41.9 Å². The number of nitrogens with zero attached hydrogens (tertiary/aromatic N) is 3. The van der Waals surface area contributed by atoms with Gasteiger partial charge in [-0.3, -0.25) is 4.79 Å². The first-order valence-corrected chi connectivity index (χ1v) is 10.0. The van der Waals surface area contributed by atoms with Crippen molar-refractivity contribution < 1.29 is 23.5 Å². The molecule has 2 heterocycles. The van der Waals surface area contributed by atoms with Crippen molar-refractivity contribution in [2.75, 3.05) is 27.9 Å². The second-order valence-electron chi connectivity index (χ2n) is 7.39. The summed E-state index contributed by atoms with van der Waals surface area (Å²) in [7, 11) is 4.79. The van der Waals surface area contributed by atoms with E-state index in [0.717, 1.165) is 11.1 Å². The molecule has 31 heavy (non-hydrogen) atoms. The van der Waals surface area contributed by atoms with Crippen LogP contribution in [0.4, 0.5) is 0 Å². The Hall–Kier alpha value is -3.55. The molecular weight excluding hydrogens is 398 g/mol. The van der Waals surface area contributed by atoms with E-state index in [1.165, 1.54) is 0 Å². The van der Waals surface area contributed by atoms with Gasteiger partial charge >= 0.3 is 0 Å². The molecule has 0 bridgehead atoms. The summed E-state index contributed by atoms with van der Waals surface area (Å²) in [6.45, 7) is 2.50. The number of hydrogen-bond acceptors (Lipinski definition) is 7. The first-order chi connectivity index (χ1) is 15.0. The molecule has 0 spiro atoms. The Kier molecular flexibility index (Phi) is 5.79. The molecule has 0 saturated carbocycles. The summed E-state index contributed by atoms with van der Waals surface area (Å²) < 4.78 is 21.6. The zero-order valence-electron chi connectivity index (χ0n) is 18.0. The Labute approximate surface area is 180 Å². The number of carbonyl (C=O) groups is 1. The fraction of sp³-hybridized carbons (Fsp3) is 0.348. The highest BCUT2D eigenvalue weighted by Crippen LogP contribution is 2.37. The second kappa shape index (κ2) is 8.67. The van der Waals surface area contributed by atoms with E-state index in [-0.39, 0.29) is 17.9 Å². The van der Waals surface area contributed by atoms with Crippen molar-refractivity contribution in [3.8, 4) is 28.6 Å². The minimum absolute atomic E-state index is 0.0457. The second-order valence-corrected chi connectivity index (χ2v) is 7.39. The Balaban J connectivity index is 1.53. The van der Waals surface area contributed by atoms with Gasteiger partial charge < -0.3 is 23.6 Å². The van der Waals surface area contributed by atoms with Gasteiger partial charge in [-0.2, -0.15) is 4.98 Å². The highest BCUT2D eigenvalue weighted by molar-refractivity contribution is 5.80. The number of ether oxygens (including phenoxy) is 3. The maximum atomic E-state index is 12.8. The number of aromatic nitrogens is 2. The average Bonchev–Trinajstić information content (AvgIpc) is 3.45. The van der Waals surface area contributed by atoms with Crippen LogP contribution < -0.4 is 14.2 Å². The van der Waals surface area contributed by atoms with Gasteiger partial charge in [-0.25, -0.2) is 0 Å². The Morgan fingerprint density at radius 3 is 2.52 bits per heavy atom. The zero-order chi connectivity index (χ0) is 22.0. The molecule has 2 atom stereocenters. The van der Waals surface area contributed by atoms with E-state index < -0.39 is 0 Å². The first kappa shape index (κ1) is 20.7. The number of benzene rings is 2. The molecule has 1 saturated heterocycles. The summed E-state index contributed by atoms with van der Waals surface area (Å²) >= 11 is 0. The van der Waals surface area contributed by atoms with Crippen LogP contribution >= 0.6 is 0 Å². The van der Waals surface area contributed by atoms with E-state index in [1.54, 1.807) is 21.3 Å². The number of likely N-dealkylation sites (tertiary alicyclic amines) is 1. The predicted octanol–water partition coefficient (Wildman–Crippen LogP) is 3.84. The number of hydrogen-bond donors (Lipinski definition) is 0. The van der Waals surface area contributed by atoms with Crippen molar-refractivity contribution >= 4 is 5.91 Å². The molecule has 0 radical (unpaired) electrons. The molecule has 1 aromatic heterocycles. The predicted molar refractivity (Wildman–Crippen MR) is 113 cm³/mol. The van der Waals surface area contributed by atoms with E-state index in [1.807, 2.05) is 54.3 Å². The van der Waals surface area contributed by atoms with Crippen molar-refractivity contribution in [3.05, 3.63) is 53.9 Å². The number of amides is 1. The average molecular weight is 423 g/mol. The minimum Gasteiger partial charge on any atom is -0.496 e. The Morgan fingerprint density at radius 2 is 1.77 bits per heavy atom. The van der Waals surface area contributed by atoms with Gasteiger partial charge in [0.25, 0.3) is 0 Å². The van der Waals surface area contributed by atoms with Crippen LogP contribution in [0.2, 0.25) is 0 Å². The number of rotatable bonds is 7. The van der Waals surface area contributed by atoms with Gasteiger partial charge in [0.1, 0.15) is 5.75 Å². The van der Waals surface area contributed by atoms with Crippen LogP contribution in [0, 0.1) is 0 Å². The third-order valence-corrected chi connectivity index (χ3v) is 5.65. The van der Waals surface area contributed by atoms with Crippen molar-refractivity contribution in [1.82, 2.24) is 15.0 Å². The lowest BCUT2D eigenvalue weighted by molar-refractivity contribution is -0.129. The summed E-state index contributed by atoms with van der Waals surface area (Å²) in [4.78, 5) is 19.2. The molecule has 8 heteroatoms. The summed E-state index contributed by atoms with van der Waals surface area (Å²) in [5.41, 5.74) is 1.71. The standard InChI is InChI=1S/C23H25N3O5/c1-14(15-9-10-19(29-3)20(11-15)30-4)26-13-16(12-21(26)27)23-24-22(25-31-23)17-7-5-6-8-18(17)28-2/h5-11,14,16H,12-13H2,1-4H3. The monoisotopic (exact) mass is 423 g/mol. The van der Waals surface area contributed by atoms with Crippen LogP contribution in [-0.2, 0) is 4.79 Å². The number of para-hydroxylation sites is 1. The Bertz CT molecular complexity index is 1080. The van der Waals surface area contributed by atoms with Crippen LogP contribution in [0.15, 0.2) is 47.0 Å². The maximum Gasteiger partial charge on any atom is 0.232 e. The van der Waals surface area contributed by atoms with E-state index in [4.69, 9.17) is 18.7 Å². The highest BCUT2D eigenvalue weighted by Gasteiger charge is 2.37. The van der Waals surface area contributed by atoms with Crippen molar-refractivity contribution in [3.63, 3.8) is 0 Å². The number of methoxy groups -OCH3 is 3. The smallest absolute Gasteiger partial charge is 0.232 e. The van der Waals surface area contributed by atoms with Crippen LogP contribution in [0.5, 0.6) is 17.2 Å². The summed E-state index contributed by atoms with van der Waals surface area (Å²) in [5, 5.41) is 4.11. The van der Waals surface area contributed by atoms with Gasteiger partial charge in [-0.05, 0) is 36.8 Å². The van der Waals surface area contributed by atoms with Crippen molar-refractivity contribution in [2.24, 2.45) is 0 Å². The normalized spacial score (nSPS) is 17.0. The number of carbonyl (C=O) groups excluding carboxylic acids is 1. The lowest BCUT2D eigenvalue weighted by atomic mass is 10.1. The van der Waals surface area contributed by atoms with Crippen molar-refractivity contribution in [2.45, 2.75) is 25.3 Å². The molecule has 2 aromatic carbocycles. The molecule has 4 rings (SSSR count). The fourth-order valence-electron chi connectivity index (χ4n) is 3.90. The van der Waals surface area contributed by atoms with Crippen LogP contribution in [0.1, 0.15) is 36.8 Å². The molecule has 162 valence electrons. The van der Waals surface area contributed by atoms with Gasteiger partial charge in [0.2, 0.25) is 17.6 Å². The van der Waals surface area contributed by atoms with E-state index in [9.17, 15) is 4.79 Å². The van der Waals surface area contributed by atoms with Gasteiger partial charge in [0, 0.05) is 13.0 Å². The molecule has 1 amide bonds. The van der Waals surface area contributed by atoms with Crippen molar-refractivity contribution in [1.29, 1.82) is 0 Å². The minimum atomic E-state index is -0.161. The SMILES string of the molecule is COc1ccc(C(C)N2CC(c3nc(-c4ccccc4OC)no3)CC2=O)cc1OC. The molecule has 1 aliphatic heterocycles. The summed E-state index contributed by atoms with van der Waals surface area (Å²) in [6, 6.07) is 13.0. The molecule has 8 nitrogen and oxygen atoms in total. The summed E-state index contributed by atoms with van der Waals surface area (Å²) in [6.07, 6.45) is 0.325. The molecular formula is C23H25N3O5. The van der Waals surface area contributed by atoms with E-state index >= 15 is 0 Å². The molecule has 0 aliphatic carbocycles. The Morgan fingerprint density at radius 1 is 1.03 bits per heavy atom. The lowest BCUT2D eigenvalue weighted by Gasteiger charge is -2.25. The topological polar surface area (TPSA) is 86.9 Å².